The number of halogens is 1. The highest BCUT2D eigenvalue weighted by Crippen LogP contribution is 2.18. The van der Waals surface area contributed by atoms with Gasteiger partial charge in [0.2, 0.25) is 0 Å². The predicted molar refractivity (Wildman–Crippen MR) is 91.2 cm³/mol. The third-order valence-corrected chi connectivity index (χ3v) is 4.01. The fourth-order valence-corrected chi connectivity index (χ4v) is 2.78. The van der Waals surface area contributed by atoms with Crippen LogP contribution in [0.5, 0.6) is 0 Å². The highest BCUT2D eigenvalue weighted by Gasteiger charge is 2.15. The molecule has 6 heteroatoms. The van der Waals surface area contributed by atoms with Crippen LogP contribution in [0.15, 0.2) is 53.5 Å². The molecule has 2 heterocycles. The van der Waals surface area contributed by atoms with Gasteiger partial charge < -0.3 is 9.67 Å². The van der Waals surface area contributed by atoms with E-state index in [4.69, 9.17) is 0 Å². The fraction of sp³-hybridized carbons (Fsp3) is 0.0625. The Labute approximate surface area is 139 Å². The molecular weight excluding hydrogens is 395 g/mol. The van der Waals surface area contributed by atoms with Crippen molar-refractivity contribution >= 4 is 39.5 Å². The van der Waals surface area contributed by atoms with Gasteiger partial charge in [0.05, 0.1) is 17.8 Å². The van der Waals surface area contributed by atoms with Crippen LogP contribution in [0, 0.1) is 3.57 Å². The van der Waals surface area contributed by atoms with E-state index in [-0.39, 0.29) is 12.1 Å². The lowest BCUT2D eigenvalue weighted by atomic mass is 10.1. The lowest BCUT2D eigenvalue weighted by molar-refractivity contribution is 0.0694. The second kappa shape index (κ2) is 5.88. The van der Waals surface area contributed by atoms with Gasteiger partial charge in [-0.3, -0.25) is 9.78 Å². The fourth-order valence-electron chi connectivity index (χ4n) is 2.31. The number of hydrogen-bond acceptors (Lipinski definition) is 3. The molecule has 3 rings (SSSR count). The van der Waals surface area contributed by atoms with E-state index in [0.29, 0.717) is 16.6 Å². The van der Waals surface area contributed by atoms with Crippen molar-refractivity contribution in [3.63, 3.8) is 0 Å². The number of aromatic nitrogens is 2. The zero-order valence-electron chi connectivity index (χ0n) is 11.4. The van der Waals surface area contributed by atoms with Gasteiger partial charge in [-0.15, -0.1) is 0 Å². The molecule has 1 aromatic carbocycles. The Balaban J connectivity index is 2.29. The summed E-state index contributed by atoms with van der Waals surface area (Å²) in [5.41, 5.74) is 0.650. The molecule has 0 aliphatic carbocycles. The van der Waals surface area contributed by atoms with E-state index in [1.54, 1.807) is 18.3 Å². The number of rotatable bonds is 3. The van der Waals surface area contributed by atoms with E-state index < -0.39 is 11.5 Å². The molecule has 22 heavy (non-hydrogen) atoms. The Kier molecular flexibility index (Phi) is 3.93. The summed E-state index contributed by atoms with van der Waals surface area (Å²) in [6.07, 6.45) is 1.65. The van der Waals surface area contributed by atoms with Gasteiger partial charge in [0.15, 0.2) is 0 Å². The molecule has 0 atom stereocenters. The zero-order chi connectivity index (χ0) is 15.7. The van der Waals surface area contributed by atoms with Crippen LogP contribution in [-0.2, 0) is 6.54 Å². The molecule has 0 saturated heterocycles. The molecule has 0 unspecified atom stereocenters. The number of benzene rings is 1. The largest absolute Gasteiger partial charge is 0.477 e. The number of hydrogen-bond donors (Lipinski definition) is 1. The molecule has 1 N–H and O–H groups in total. The summed E-state index contributed by atoms with van der Waals surface area (Å²) in [6.45, 7) is 0.234. The first-order chi connectivity index (χ1) is 10.6. The lowest BCUT2D eigenvalue weighted by Gasteiger charge is -2.12. The molecule has 0 aliphatic rings. The Bertz CT molecular complexity index is 920. The van der Waals surface area contributed by atoms with Crippen LogP contribution in [0.1, 0.15) is 16.1 Å². The average molecular weight is 406 g/mol. The van der Waals surface area contributed by atoms with E-state index in [9.17, 15) is 14.7 Å². The minimum Gasteiger partial charge on any atom is -0.477 e. The molecular formula is C16H11IN2O3. The number of nitrogens with zero attached hydrogens (tertiary/aromatic N) is 2. The third kappa shape index (κ3) is 2.74. The first kappa shape index (κ1) is 14.7. The van der Waals surface area contributed by atoms with Gasteiger partial charge in [0, 0.05) is 9.77 Å². The molecule has 0 aliphatic heterocycles. The molecule has 0 radical (unpaired) electrons. The molecule has 0 amide bonds. The smallest absolute Gasteiger partial charge is 0.341 e. The molecule has 2 aromatic heterocycles. The molecule has 0 bridgehead atoms. The summed E-state index contributed by atoms with van der Waals surface area (Å²) in [6, 6.07) is 12.4. The summed E-state index contributed by atoms with van der Waals surface area (Å²) >= 11 is 2.16. The number of aromatic carboxylic acids is 1. The standard InChI is InChI=1S/C16H11IN2O3/c17-11-5-4-10-7-13(16(21)22)15(20)19(14(10)8-11)9-12-3-1-2-6-18-12/h1-8H,9H2,(H,21,22). The maximum absolute atomic E-state index is 12.5. The summed E-state index contributed by atoms with van der Waals surface area (Å²) in [7, 11) is 0. The van der Waals surface area contributed by atoms with E-state index in [1.165, 1.54) is 10.6 Å². The molecule has 3 aromatic rings. The van der Waals surface area contributed by atoms with Gasteiger partial charge in [-0.2, -0.15) is 0 Å². The quantitative estimate of drug-likeness (QED) is 0.680. The van der Waals surface area contributed by atoms with Gasteiger partial charge in [0.1, 0.15) is 5.56 Å². The van der Waals surface area contributed by atoms with Crippen LogP contribution < -0.4 is 5.56 Å². The molecule has 0 spiro atoms. The van der Waals surface area contributed by atoms with Crippen LogP contribution in [0.3, 0.4) is 0 Å². The van der Waals surface area contributed by atoms with Crippen LogP contribution in [-0.4, -0.2) is 20.6 Å². The summed E-state index contributed by atoms with van der Waals surface area (Å²) in [4.78, 5) is 28.0. The van der Waals surface area contributed by atoms with Crippen LogP contribution >= 0.6 is 22.6 Å². The Hall–Kier alpha value is -2.22. The number of carboxylic acids is 1. The summed E-state index contributed by atoms with van der Waals surface area (Å²) in [5, 5.41) is 9.96. The van der Waals surface area contributed by atoms with E-state index in [2.05, 4.69) is 27.6 Å². The van der Waals surface area contributed by atoms with Gasteiger partial charge in [-0.25, -0.2) is 4.79 Å². The van der Waals surface area contributed by atoms with Crippen molar-refractivity contribution in [3.8, 4) is 0 Å². The lowest BCUT2D eigenvalue weighted by Crippen LogP contribution is -2.27. The molecule has 0 fully saturated rings. The normalized spacial score (nSPS) is 10.8. The number of pyridine rings is 2. The number of carbonyl (C=O) groups is 1. The predicted octanol–water partition coefficient (Wildman–Crippen LogP) is 2.75. The van der Waals surface area contributed by atoms with Gasteiger partial charge in [0.25, 0.3) is 5.56 Å². The maximum atomic E-state index is 12.5. The van der Waals surface area contributed by atoms with Gasteiger partial charge in [-0.05, 0) is 58.3 Å². The minimum atomic E-state index is -1.22. The summed E-state index contributed by atoms with van der Waals surface area (Å²) < 4.78 is 2.44. The highest BCUT2D eigenvalue weighted by molar-refractivity contribution is 14.1. The van der Waals surface area contributed by atoms with E-state index in [0.717, 1.165) is 3.57 Å². The van der Waals surface area contributed by atoms with Crippen molar-refractivity contribution in [3.05, 3.63) is 73.8 Å². The van der Waals surface area contributed by atoms with Crippen molar-refractivity contribution in [2.45, 2.75) is 6.54 Å². The molecule has 0 saturated carbocycles. The van der Waals surface area contributed by atoms with E-state index >= 15 is 0 Å². The van der Waals surface area contributed by atoms with E-state index in [1.807, 2.05) is 24.3 Å². The van der Waals surface area contributed by atoms with Crippen LogP contribution in [0.25, 0.3) is 10.9 Å². The van der Waals surface area contributed by atoms with Crippen molar-refractivity contribution < 1.29 is 9.90 Å². The van der Waals surface area contributed by atoms with Gasteiger partial charge in [-0.1, -0.05) is 12.1 Å². The number of carboxylic acid groups (broad SMARTS) is 1. The average Bonchev–Trinajstić information content (AvgIpc) is 2.51. The SMILES string of the molecule is O=C(O)c1cc2ccc(I)cc2n(Cc2ccccn2)c1=O. The second-order valence-corrected chi connectivity index (χ2v) is 6.02. The van der Waals surface area contributed by atoms with Crippen molar-refractivity contribution in [2.75, 3.05) is 0 Å². The molecule has 110 valence electrons. The first-order valence-corrected chi connectivity index (χ1v) is 7.60. The molecule has 5 nitrogen and oxygen atoms in total. The Morgan fingerprint density at radius 2 is 2.05 bits per heavy atom. The topological polar surface area (TPSA) is 72.2 Å². The Morgan fingerprint density at radius 3 is 2.73 bits per heavy atom. The number of fused-ring (bicyclic) bond motifs is 1. The van der Waals surface area contributed by atoms with Crippen molar-refractivity contribution in [1.82, 2.24) is 9.55 Å². The third-order valence-electron chi connectivity index (χ3n) is 3.34. The minimum absolute atomic E-state index is 0.232. The highest BCUT2D eigenvalue weighted by atomic mass is 127. The van der Waals surface area contributed by atoms with Crippen molar-refractivity contribution in [1.29, 1.82) is 0 Å². The van der Waals surface area contributed by atoms with Crippen LogP contribution in [0.2, 0.25) is 0 Å². The Morgan fingerprint density at radius 1 is 1.23 bits per heavy atom. The second-order valence-electron chi connectivity index (χ2n) is 4.78. The monoisotopic (exact) mass is 406 g/mol. The van der Waals surface area contributed by atoms with Crippen molar-refractivity contribution in [2.24, 2.45) is 0 Å². The maximum Gasteiger partial charge on any atom is 0.341 e. The first-order valence-electron chi connectivity index (χ1n) is 6.52. The van der Waals surface area contributed by atoms with Crippen LogP contribution in [0.4, 0.5) is 0 Å². The zero-order valence-corrected chi connectivity index (χ0v) is 13.5. The summed E-state index contributed by atoms with van der Waals surface area (Å²) in [5.74, 6) is -1.22. The van der Waals surface area contributed by atoms with Gasteiger partial charge >= 0.3 is 5.97 Å².